The highest BCUT2D eigenvalue weighted by molar-refractivity contribution is 5.95. The van der Waals surface area contributed by atoms with Gasteiger partial charge in [0.15, 0.2) is 5.78 Å². The molecule has 1 aliphatic heterocycles. The van der Waals surface area contributed by atoms with Gasteiger partial charge < -0.3 is 4.90 Å². The van der Waals surface area contributed by atoms with Crippen molar-refractivity contribution >= 4 is 17.5 Å². The lowest BCUT2D eigenvalue weighted by Crippen LogP contribution is -2.20. The van der Waals surface area contributed by atoms with E-state index in [4.69, 9.17) is 0 Å². The number of carbonyl (C=O) groups is 1. The van der Waals surface area contributed by atoms with Crippen LogP contribution >= 0.6 is 0 Å². The van der Waals surface area contributed by atoms with Crippen LogP contribution in [0.15, 0.2) is 24.3 Å². The molecular formula is C12H13NO. The van der Waals surface area contributed by atoms with Crippen molar-refractivity contribution in [2.75, 3.05) is 18.5 Å². The number of hydrogen-bond acceptors (Lipinski definition) is 2. The van der Waals surface area contributed by atoms with Gasteiger partial charge in [0.25, 0.3) is 0 Å². The fourth-order valence-corrected chi connectivity index (χ4v) is 1.69. The topological polar surface area (TPSA) is 20.3 Å². The van der Waals surface area contributed by atoms with Crippen molar-refractivity contribution < 1.29 is 4.79 Å². The van der Waals surface area contributed by atoms with Gasteiger partial charge >= 0.3 is 0 Å². The predicted octanol–water partition coefficient (Wildman–Crippen LogP) is 2.35. The zero-order chi connectivity index (χ0) is 10.1. The Morgan fingerprint density at radius 2 is 2.21 bits per heavy atom. The number of likely N-dealkylation sites (N-methyl/N-ethyl adjacent to an activating group) is 1. The van der Waals surface area contributed by atoms with Crippen LogP contribution in [0.1, 0.15) is 22.8 Å². The molecule has 1 aromatic rings. The Labute approximate surface area is 83.8 Å². The molecule has 0 aromatic heterocycles. The maximum absolute atomic E-state index is 11.2. The summed E-state index contributed by atoms with van der Waals surface area (Å²) in [5.74, 6) is 0.120. The molecule has 0 saturated carbocycles. The highest BCUT2D eigenvalue weighted by atomic mass is 16.1. The predicted molar refractivity (Wildman–Crippen MR) is 58.8 cm³/mol. The first-order valence-corrected chi connectivity index (χ1v) is 4.71. The fourth-order valence-electron chi connectivity index (χ4n) is 1.69. The molecule has 1 aromatic carbocycles. The van der Waals surface area contributed by atoms with Crippen molar-refractivity contribution in [3.05, 3.63) is 35.4 Å². The van der Waals surface area contributed by atoms with E-state index in [0.29, 0.717) is 0 Å². The van der Waals surface area contributed by atoms with Crippen molar-refractivity contribution in [2.45, 2.75) is 6.92 Å². The summed E-state index contributed by atoms with van der Waals surface area (Å²) in [6.07, 6.45) is 4.17. The first kappa shape index (κ1) is 9.00. The van der Waals surface area contributed by atoms with E-state index < -0.39 is 0 Å². The van der Waals surface area contributed by atoms with Gasteiger partial charge in [-0.15, -0.1) is 0 Å². The lowest BCUT2D eigenvalue weighted by Gasteiger charge is -2.23. The van der Waals surface area contributed by atoms with Gasteiger partial charge in [0.2, 0.25) is 0 Å². The Hall–Kier alpha value is -1.57. The van der Waals surface area contributed by atoms with Gasteiger partial charge in [-0.2, -0.15) is 0 Å². The second-order valence-corrected chi connectivity index (χ2v) is 3.61. The van der Waals surface area contributed by atoms with E-state index in [0.717, 1.165) is 17.7 Å². The molecule has 0 saturated heterocycles. The normalized spacial score (nSPS) is 14.0. The molecule has 0 aliphatic carbocycles. The van der Waals surface area contributed by atoms with Crippen LogP contribution < -0.4 is 4.90 Å². The Kier molecular flexibility index (Phi) is 2.12. The summed E-state index contributed by atoms with van der Waals surface area (Å²) >= 11 is 0. The second-order valence-electron chi connectivity index (χ2n) is 3.61. The van der Waals surface area contributed by atoms with E-state index in [9.17, 15) is 4.79 Å². The molecule has 0 radical (unpaired) electrons. The van der Waals surface area contributed by atoms with Crippen LogP contribution in [0.4, 0.5) is 5.69 Å². The molecule has 1 aliphatic rings. The van der Waals surface area contributed by atoms with Crippen LogP contribution in [-0.2, 0) is 0 Å². The minimum Gasteiger partial charge on any atom is -0.370 e. The summed E-state index contributed by atoms with van der Waals surface area (Å²) < 4.78 is 0. The molecule has 0 amide bonds. The summed E-state index contributed by atoms with van der Waals surface area (Å²) in [6.45, 7) is 2.53. The van der Waals surface area contributed by atoms with Gasteiger partial charge in [-0.25, -0.2) is 0 Å². The third kappa shape index (κ3) is 1.43. The molecule has 2 nitrogen and oxygen atoms in total. The number of anilines is 1. The van der Waals surface area contributed by atoms with E-state index in [1.807, 2.05) is 18.2 Å². The Morgan fingerprint density at radius 3 is 2.93 bits per heavy atom. The number of benzene rings is 1. The maximum atomic E-state index is 11.2. The smallest absolute Gasteiger partial charge is 0.159 e. The number of fused-ring (bicyclic) bond motifs is 1. The Morgan fingerprint density at radius 1 is 1.43 bits per heavy atom. The lowest BCUT2D eigenvalue weighted by atomic mass is 10.0. The third-order valence-electron chi connectivity index (χ3n) is 2.52. The van der Waals surface area contributed by atoms with Crippen LogP contribution in [0.2, 0.25) is 0 Å². The average molecular weight is 187 g/mol. The van der Waals surface area contributed by atoms with Crippen molar-refractivity contribution in [2.24, 2.45) is 0 Å². The molecule has 1 heterocycles. The molecule has 0 fully saturated rings. The van der Waals surface area contributed by atoms with Crippen LogP contribution in [-0.4, -0.2) is 19.4 Å². The quantitative estimate of drug-likeness (QED) is 0.629. The molecule has 0 bridgehead atoms. The minimum atomic E-state index is 0.120. The summed E-state index contributed by atoms with van der Waals surface area (Å²) in [5.41, 5.74) is 3.10. The number of hydrogen-bond donors (Lipinski definition) is 0. The van der Waals surface area contributed by atoms with Gasteiger partial charge in [0.05, 0.1) is 0 Å². The summed E-state index contributed by atoms with van der Waals surface area (Å²) in [7, 11) is 2.05. The lowest BCUT2D eigenvalue weighted by molar-refractivity contribution is 0.101. The molecule has 0 unspecified atom stereocenters. The molecule has 0 N–H and O–H groups in total. The molecule has 2 heteroatoms. The number of nitrogens with zero attached hydrogens (tertiary/aromatic N) is 1. The molecule has 0 spiro atoms. The molecular weight excluding hydrogens is 174 g/mol. The molecule has 72 valence electrons. The van der Waals surface area contributed by atoms with Crippen molar-refractivity contribution in [1.82, 2.24) is 0 Å². The molecule has 0 atom stereocenters. The Balaban J connectivity index is 2.50. The largest absolute Gasteiger partial charge is 0.370 e. The SMILES string of the molecule is CC(=O)c1ccc2c(c1)C=CCN2C. The zero-order valence-corrected chi connectivity index (χ0v) is 8.45. The average Bonchev–Trinajstić information content (AvgIpc) is 2.17. The highest BCUT2D eigenvalue weighted by Crippen LogP contribution is 2.25. The van der Waals surface area contributed by atoms with Crippen molar-refractivity contribution in [3.63, 3.8) is 0 Å². The molecule has 14 heavy (non-hydrogen) atoms. The first-order valence-electron chi connectivity index (χ1n) is 4.71. The fraction of sp³-hybridized carbons (Fsp3) is 0.250. The van der Waals surface area contributed by atoms with Gasteiger partial charge in [-0.3, -0.25) is 4.79 Å². The summed E-state index contributed by atoms with van der Waals surface area (Å²) in [4.78, 5) is 13.3. The van der Waals surface area contributed by atoms with Crippen molar-refractivity contribution in [3.8, 4) is 0 Å². The van der Waals surface area contributed by atoms with Crippen LogP contribution in [0.25, 0.3) is 6.08 Å². The van der Waals surface area contributed by atoms with Crippen LogP contribution in [0.3, 0.4) is 0 Å². The van der Waals surface area contributed by atoms with Crippen LogP contribution in [0.5, 0.6) is 0 Å². The number of ketones is 1. The van der Waals surface area contributed by atoms with Gasteiger partial charge in [-0.05, 0) is 30.7 Å². The monoisotopic (exact) mass is 187 g/mol. The van der Waals surface area contributed by atoms with E-state index in [1.165, 1.54) is 5.69 Å². The molecule has 2 rings (SSSR count). The van der Waals surface area contributed by atoms with Gasteiger partial charge in [0.1, 0.15) is 0 Å². The van der Waals surface area contributed by atoms with Crippen LogP contribution in [0, 0.1) is 0 Å². The number of carbonyl (C=O) groups excluding carboxylic acids is 1. The second kappa shape index (κ2) is 3.29. The highest BCUT2D eigenvalue weighted by Gasteiger charge is 2.10. The van der Waals surface area contributed by atoms with Gasteiger partial charge in [0, 0.05) is 24.8 Å². The third-order valence-corrected chi connectivity index (χ3v) is 2.52. The standard InChI is InChI=1S/C12H13NO/c1-9(14)10-5-6-12-11(8-10)4-3-7-13(12)2/h3-6,8H,7H2,1-2H3. The summed E-state index contributed by atoms with van der Waals surface area (Å²) in [6, 6.07) is 5.84. The van der Waals surface area contributed by atoms with E-state index in [2.05, 4.69) is 24.1 Å². The minimum absolute atomic E-state index is 0.120. The summed E-state index contributed by atoms with van der Waals surface area (Å²) in [5, 5.41) is 0. The van der Waals surface area contributed by atoms with Gasteiger partial charge in [-0.1, -0.05) is 12.2 Å². The first-order chi connectivity index (χ1) is 6.68. The Bertz CT molecular complexity index is 407. The zero-order valence-electron chi connectivity index (χ0n) is 8.45. The number of Topliss-reactive ketones (excluding diaryl/α,β-unsaturated/α-hetero) is 1. The van der Waals surface area contributed by atoms with E-state index >= 15 is 0 Å². The van der Waals surface area contributed by atoms with E-state index in [1.54, 1.807) is 6.92 Å². The number of rotatable bonds is 1. The van der Waals surface area contributed by atoms with Crippen molar-refractivity contribution in [1.29, 1.82) is 0 Å². The maximum Gasteiger partial charge on any atom is 0.159 e. The van der Waals surface area contributed by atoms with E-state index in [-0.39, 0.29) is 5.78 Å².